The predicted molar refractivity (Wildman–Crippen MR) is 61.9 cm³/mol. The van der Waals surface area contributed by atoms with Gasteiger partial charge in [-0.2, -0.15) is 0 Å². The number of aromatic nitrogens is 1. The Morgan fingerprint density at radius 2 is 2.33 bits per heavy atom. The van der Waals surface area contributed by atoms with Gasteiger partial charge in [0.1, 0.15) is 11.3 Å². The Labute approximate surface area is 105 Å². The van der Waals surface area contributed by atoms with E-state index in [1.54, 1.807) is 11.8 Å². The maximum atomic E-state index is 12.2. The number of methoxy groups -OCH3 is 1. The second-order valence-corrected chi connectivity index (χ2v) is 4.41. The number of nitrogens with zero attached hydrogens (tertiary/aromatic N) is 2. The zero-order valence-electron chi connectivity index (χ0n) is 10.5. The summed E-state index contributed by atoms with van der Waals surface area (Å²) in [5.41, 5.74) is 0.459. The number of hydrogen-bond donors (Lipinski definition) is 0. The first-order valence-corrected chi connectivity index (χ1v) is 5.92. The average Bonchev–Trinajstić information content (AvgIpc) is 2.83. The number of carbonyl (C=O) groups is 2. The van der Waals surface area contributed by atoms with E-state index in [0.717, 1.165) is 12.8 Å². The molecule has 0 aliphatic carbocycles. The third kappa shape index (κ3) is 2.37. The van der Waals surface area contributed by atoms with Crippen molar-refractivity contribution in [3.05, 3.63) is 17.5 Å². The van der Waals surface area contributed by atoms with Crippen LogP contribution in [0.2, 0.25) is 0 Å². The lowest BCUT2D eigenvalue weighted by atomic mass is 9.97. The van der Waals surface area contributed by atoms with E-state index < -0.39 is 0 Å². The van der Waals surface area contributed by atoms with Gasteiger partial charge in [-0.3, -0.25) is 9.59 Å². The van der Waals surface area contributed by atoms with Crippen molar-refractivity contribution in [1.29, 1.82) is 0 Å². The molecule has 1 amide bonds. The Kier molecular flexibility index (Phi) is 3.64. The van der Waals surface area contributed by atoms with Crippen LogP contribution in [0.5, 0.6) is 0 Å². The first-order valence-electron chi connectivity index (χ1n) is 5.92. The highest BCUT2D eigenvalue weighted by molar-refractivity contribution is 5.95. The van der Waals surface area contributed by atoms with Gasteiger partial charge in [0.05, 0.1) is 19.2 Å². The molecule has 6 nitrogen and oxygen atoms in total. The molecule has 0 saturated carbocycles. The minimum absolute atomic E-state index is 0.137. The summed E-state index contributed by atoms with van der Waals surface area (Å²) in [6, 6.07) is 0. The van der Waals surface area contributed by atoms with Gasteiger partial charge >= 0.3 is 5.97 Å². The Balaban J connectivity index is 2.07. The van der Waals surface area contributed by atoms with Crippen molar-refractivity contribution in [3.8, 4) is 0 Å². The SMILES string of the molecule is COC(=O)[C@H]1CCCN(C(=O)c2cnoc2C)C1. The number of amides is 1. The van der Waals surface area contributed by atoms with E-state index in [-0.39, 0.29) is 17.8 Å². The van der Waals surface area contributed by atoms with Crippen molar-refractivity contribution in [3.63, 3.8) is 0 Å². The molecule has 1 aliphatic rings. The van der Waals surface area contributed by atoms with Crippen LogP contribution >= 0.6 is 0 Å². The molecule has 18 heavy (non-hydrogen) atoms. The van der Waals surface area contributed by atoms with E-state index in [9.17, 15) is 9.59 Å². The number of ether oxygens (including phenoxy) is 1. The molecule has 0 aromatic carbocycles. The lowest BCUT2D eigenvalue weighted by molar-refractivity contribution is -0.146. The standard InChI is InChI=1S/C12H16N2O4/c1-8-10(6-13-18-8)11(15)14-5-3-4-9(7-14)12(16)17-2/h6,9H,3-5,7H2,1-2H3/t9-/m0/s1. The van der Waals surface area contributed by atoms with Gasteiger partial charge in [0.15, 0.2) is 0 Å². The number of aryl methyl sites for hydroxylation is 1. The lowest BCUT2D eigenvalue weighted by Crippen LogP contribution is -2.42. The molecule has 0 radical (unpaired) electrons. The van der Waals surface area contributed by atoms with Crippen LogP contribution in [0.15, 0.2) is 10.7 Å². The van der Waals surface area contributed by atoms with Gasteiger partial charge in [-0.05, 0) is 19.8 Å². The second kappa shape index (κ2) is 5.20. The number of piperidine rings is 1. The predicted octanol–water partition coefficient (Wildman–Crippen LogP) is 1.01. The highest BCUT2D eigenvalue weighted by Crippen LogP contribution is 2.20. The Hall–Kier alpha value is -1.85. The first-order chi connectivity index (χ1) is 8.63. The number of esters is 1. The number of carbonyl (C=O) groups excluding carboxylic acids is 2. The van der Waals surface area contributed by atoms with E-state index in [2.05, 4.69) is 5.16 Å². The van der Waals surface area contributed by atoms with E-state index in [0.29, 0.717) is 24.4 Å². The highest BCUT2D eigenvalue weighted by atomic mass is 16.5. The van der Waals surface area contributed by atoms with E-state index >= 15 is 0 Å². The minimum atomic E-state index is -0.255. The van der Waals surface area contributed by atoms with Gasteiger partial charge in [-0.15, -0.1) is 0 Å². The minimum Gasteiger partial charge on any atom is -0.469 e. The van der Waals surface area contributed by atoms with E-state index in [1.807, 2.05) is 0 Å². The molecular formula is C12H16N2O4. The molecule has 0 bridgehead atoms. The Morgan fingerprint density at radius 1 is 1.56 bits per heavy atom. The van der Waals surface area contributed by atoms with Crippen LogP contribution < -0.4 is 0 Å². The molecular weight excluding hydrogens is 236 g/mol. The van der Waals surface area contributed by atoms with Gasteiger partial charge in [-0.25, -0.2) is 0 Å². The average molecular weight is 252 g/mol. The molecule has 1 atom stereocenters. The third-order valence-corrected chi connectivity index (χ3v) is 3.22. The maximum absolute atomic E-state index is 12.2. The second-order valence-electron chi connectivity index (χ2n) is 4.41. The molecule has 0 N–H and O–H groups in total. The first kappa shape index (κ1) is 12.6. The molecule has 6 heteroatoms. The summed E-state index contributed by atoms with van der Waals surface area (Å²) < 4.78 is 9.61. The van der Waals surface area contributed by atoms with Crippen LogP contribution in [0.1, 0.15) is 29.0 Å². The zero-order chi connectivity index (χ0) is 13.1. The molecule has 2 rings (SSSR count). The fraction of sp³-hybridized carbons (Fsp3) is 0.583. The Morgan fingerprint density at radius 3 is 2.94 bits per heavy atom. The molecule has 1 saturated heterocycles. The summed E-state index contributed by atoms with van der Waals surface area (Å²) in [6.07, 6.45) is 2.98. The number of hydrogen-bond acceptors (Lipinski definition) is 5. The molecule has 98 valence electrons. The molecule has 2 heterocycles. The monoisotopic (exact) mass is 252 g/mol. The fourth-order valence-electron chi connectivity index (χ4n) is 2.20. The topological polar surface area (TPSA) is 72.6 Å². The largest absolute Gasteiger partial charge is 0.469 e. The summed E-state index contributed by atoms with van der Waals surface area (Å²) in [7, 11) is 1.37. The molecule has 0 unspecified atom stereocenters. The summed E-state index contributed by atoms with van der Waals surface area (Å²) in [4.78, 5) is 25.4. The zero-order valence-corrected chi connectivity index (χ0v) is 10.5. The van der Waals surface area contributed by atoms with Crippen LogP contribution in [-0.4, -0.2) is 42.1 Å². The highest BCUT2D eigenvalue weighted by Gasteiger charge is 2.30. The van der Waals surface area contributed by atoms with Crippen LogP contribution in [0.4, 0.5) is 0 Å². The van der Waals surface area contributed by atoms with Gasteiger partial charge in [0.2, 0.25) is 0 Å². The van der Waals surface area contributed by atoms with Gasteiger partial charge in [0.25, 0.3) is 5.91 Å². The molecule has 1 aliphatic heterocycles. The quantitative estimate of drug-likeness (QED) is 0.734. The van der Waals surface area contributed by atoms with Crippen molar-refractivity contribution < 1.29 is 18.8 Å². The van der Waals surface area contributed by atoms with Gasteiger partial charge < -0.3 is 14.2 Å². The van der Waals surface area contributed by atoms with Crippen molar-refractivity contribution in [2.45, 2.75) is 19.8 Å². The summed E-state index contributed by atoms with van der Waals surface area (Å²) in [5, 5.41) is 3.59. The molecule has 1 aromatic rings. The van der Waals surface area contributed by atoms with Crippen LogP contribution in [0, 0.1) is 12.8 Å². The van der Waals surface area contributed by atoms with E-state index in [4.69, 9.17) is 9.26 Å². The number of likely N-dealkylation sites (tertiary alicyclic amines) is 1. The van der Waals surface area contributed by atoms with Crippen molar-refractivity contribution in [2.75, 3.05) is 20.2 Å². The smallest absolute Gasteiger partial charge is 0.310 e. The van der Waals surface area contributed by atoms with Gasteiger partial charge in [0, 0.05) is 13.1 Å². The van der Waals surface area contributed by atoms with Gasteiger partial charge in [-0.1, -0.05) is 5.16 Å². The number of rotatable bonds is 2. The van der Waals surface area contributed by atoms with Crippen LogP contribution in [0.25, 0.3) is 0 Å². The summed E-state index contributed by atoms with van der Waals surface area (Å²) in [5.74, 6) is -0.120. The third-order valence-electron chi connectivity index (χ3n) is 3.22. The summed E-state index contributed by atoms with van der Waals surface area (Å²) in [6.45, 7) is 2.75. The summed E-state index contributed by atoms with van der Waals surface area (Å²) >= 11 is 0. The van der Waals surface area contributed by atoms with Crippen LogP contribution in [0.3, 0.4) is 0 Å². The molecule has 1 aromatic heterocycles. The normalized spacial score (nSPS) is 19.7. The van der Waals surface area contributed by atoms with Crippen molar-refractivity contribution in [2.24, 2.45) is 5.92 Å². The van der Waals surface area contributed by atoms with Crippen molar-refractivity contribution in [1.82, 2.24) is 10.1 Å². The maximum Gasteiger partial charge on any atom is 0.310 e. The Bertz CT molecular complexity index is 455. The molecule has 1 fully saturated rings. The van der Waals surface area contributed by atoms with E-state index in [1.165, 1.54) is 13.3 Å². The van der Waals surface area contributed by atoms with Crippen LogP contribution in [-0.2, 0) is 9.53 Å². The fourth-order valence-corrected chi connectivity index (χ4v) is 2.20. The lowest BCUT2D eigenvalue weighted by Gasteiger charge is -2.31. The van der Waals surface area contributed by atoms with Crippen molar-refractivity contribution >= 4 is 11.9 Å². The molecule has 0 spiro atoms.